The van der Waals surface area contributed by atoms with Crippen molar-refractivity contribution in [2.75, 3.05) is 13.1 Å². The summed E-state index contributed by atoms with van der Waals surface area (Å²) in [6, 6.07) is 20.3. The molecule has 1 atom stereocenters. The average Bonchev–Trinajstić information content (AvgIpc) is 3.43. The fourth-order valence-electron chi connectivity index (χ4n) is 3.73. The standard InChI is InChI=1S/C23H26N4OS/c1-2-27-20(17-18-11-5-3-6-12-18)24-25-23(27)29-21(19-13-7-4-8-14-19)22(28)26-15-9-10-16-26/h3-8,11-14,21H,2,9-10,15-17H2,1H3/t21-/m0/s1. The summed E-state index contributed by atoms with van der Waals surface area (Å²) >= 11 is 1.52. The van der Waals surface area contributed by atoms with Gasteiger partial charge in [-0.05, 0) is 30.9 Å². The van der Waals surface area contributed by atoms with E-state index < -0.39 is 0 Å². The zero-order chi connectivity index (χ0) is 20.1. The second-order valence-corrected chi connectivity index (χ2v) is 8.32. The van der Waals surface area contributed by atoms with E-state index in [0.717, 1.165) is 55.4 Å². The van der Waals surface area contributed by atoms with E-state index in [4.69, 9.17) is 0 Å². The van der Waals surface area contributed by atoms with Crippen molar-refractivity contribution in [3.63, 3.8) is 0 Å². The van der Waals surface area contributed by atoms with Gasteiger partial charge < -0.3 is 9.47 Å². The van der Waals surface area contributed by atoms with Gasteiger partial charge in [0.2, 0.25) is 5.91 Å². The maximum atomic E-state index is 13.3. The van der Waals surface area contributed by atoms with Gasteiger partial charge in [-0.1, -0.05) is 72.4 Å². The highest BCUT2D eigenvalue weighted by molar-refractivity contribution is 8.00. The minimum atomic E-state index is -0.298. The van der Waals surface area contributed by atoms with Crippen LogP contribution in [-0.4, -0.2) is 38.7 Å². The maximum Gasteiger partial charge on any atom is 0.240 e. The minimum absolute atomic E-state index is 0.175. The molecule has 1 saturated heterocycles. The third-order valence-electron chi connectivity index (χ3n) is 5.28. The molecule has 6 heteroatoms. The van der Waals surface area contributed by atoms with Crippen LogP contribution < -0.4 is 0 Å². The Labute approximate surface area is 176 Å². The van der Waals surface area contributed by atoms with Crippen LogP contribution in [0.25, 0.3) is 0 Å². The lowest BCUT2D eigenvalue weighted by Crippen LogP contribution is -2.31. The fourth-order valence-corrected chi connectivity index (χ4v) is 4.93. The number of carbonyl (C=O) groups is 1. The minimum Gasteiger partial charge on any atom is -0.341 e. The summed E-state index contributed by atoms with van der Waals surface area (Å²) in [6.07, 6.45) is 2.91. The summed E-state index contributed by atoms with van der Waals surface area (Å²) < 4.78 is 2.13. The molecule has 4 rings (SSSR count). The molecule has 3 aromatic rings. The number of nitrogens with zero attached hydrogens (tertiary/aromatic N) is 4. The molecule has 0 saturated carbocycles. The Bertz CT molecular complexity index is 936. The van der Waals surface area contributed by atoms with Crippen LogP contribution in [0.4, 0.5) is 0 Å². The normalized spacial score (nSPS) is 14.9. The number of carbonyl (C=O) groups excluding carboxylic acids is 1. The van der Waals surface area contributed by atoms with Crippen molar-refractivity contribution in [1.29, 1.82) is 0 Å². The second kappa shape index (κ2) is 9.27. The van der Waals surface area contributed by atoms with Crippen LogP contribution in [-0.2, 0) is 17.8 Å². The van der Waals surface area contributed by atoms with E-state index in [9.17, 15) is 4.79 Å². The van der Waals surface area contributed by atoms with Crippen molar-refractivity contribution in [3.8, 4) is 0 Å². The highest BCUT2D eigenvalue weighted by Gasteiger charge is 2.30. The lowest BCUT2D eigenvalue weighted by molar-refractivity contribution is -0.129. The predicted octanol–water partition coefficient (Wildman–Crippen LogP) is 4.34. The lowest BCUT2D eigenvalue weighted by Gasteiger charge is -2.23. The summed E-state index contributed by atoms with van der Waals surface area (Å²) in [4.78, 5) is 15.3. The topological polar surface area (TPSA) is 51.0 Å². The van der Waals surface area contributed by atoms with Gasteiger partial charge in [0.25, 0.3) is 0 Å². The predicted molar refractivity (Wildman–Crippen MR) is 116 cm³/mol. The van der Waals surface area contributed by atoms with Crippen molar-refractivity contribution >= 4 is 17.7 Å². The summed E-state index contributed by atoms with van der Waals surface area (Å²) in [5.41, 5.74) is 2.23. The van der Waals surface area contributed by atoms with Crippen molar-refractivity contribution in [3.05, 3.63) is 77.6 Å². The monoisotopic (exact) mass is 406 g/mol. The fraction of sp³-hybridized carbons (Fsp3) is 0.348. The molecule has 0 bridgehead atoms. The quantitative estimate of drug-likeness (QED) is 0.548. The van der Waals surface area contributed by atoms with Crippen LogP contribution in [0, 0.1) is 0 Å². The first-order chi connectivity index (χ1) is 14.3. The van der Waals surface area contributed by atoms with E-state index in [1.807, 2.05) is 53.4 Å². The molecule has 1 aliphatic heterocycles. The van der Waals surface area contributed by atoms with Crippen molar-refractivity contribution < 1.29 is 4.79 Å². The van der Waals surface area contributed by atoms with Crippen LogP contribution in [0.1, 0.15) is 42.0 Å². The maximum absolute atomic E-state index is 13.3. The third-order valence-corrected chi connectivity index (χ3v) is 6.50. The van der Waals surface area contributed by atoms with Crippen LogP contribution in [0.5, 0.6) is 0 Å². The second-order valence-electron chi connectivity index (χ2n) is 7.25. The van der Waals surface area contributed by atoms with Gasteiger partial charge >= 0.3 is 0 Å². The van der Waals surface area contributed by atoms with Gasteiger partial charge in [-0.2, -0.15) is 0 Å². The van der Waals surface area contributed by atoms with E-state index in [0.29, 0.717) is 0 Å². The highest BCUT2D eigenvalue weighted by Crippen LogP contribution is 2.37. The molecule has 2 heterocycles. The molecule has 0 unspecified atom stereocenters. The third kappa shape index (κ3) is 4.53. The number of hydrogen-bond donors (Lipinski definition) is 0. The van der Waals surface area contributed by atoms with Crippen LogP contribution in [0.15, 0.2) is 65.8 Å². The summed E-state index contributed by atoms with van der Waals surface area (Å²) in [5.74, 6) is 1.11. The number of hydrogen-bond acceptors (Lipinski definition) is 4. The number of benzene rings is 2. The lowest BCUT2D eigenvalue weighted by atomic mass is 10.1. The van der Waals surface area contributed by atoms with Gasteiger partial charge in [-0.15, -0.1) is 10.2 Å². The van der Waals surface area contributed by atoms with Gasteiger partial charge in [0.1, 0.15) is 11.1 Å². The Morgan fingerprint density at radius 2 is 1.66 bits per heavy atom. The van der Waals surface area contributed by atoms with Gasteiger partial charge in [-0.25, -0.2) is 0 Å². The smallest absolute Gasteiger partial charge is 0.240 e. The number of amides is 1. The summed E-state index contributed by atoms with van der Waals surface area (Å²) in [5, 5.41) is 9.42. The van der Waals surface area contributed by atoms with Gasteiger partial charge in [0.05, 0.1) is 0 Å². The first kappa shape index (κ1) is 19.7. The van der Waals surface area contributed by atoms with Gasteiger partial charge in [-0.3, -0.25) is 4.79 Å². The highest BCUT2D eigenvalue weighted by atomic mass is 32.2. The number of rotatable bonds is 7. The van der Waals surface area contributed by atoms with Crippen LogP contribution >= 0.6 is 11.8 Å². The largest absolute Gasteiger partial charge is 0.341 e. The molecule has 1 amide bonds. The Kier molecular flexibility index (Phi) is 6.30. The molecule has 5 nitrogen and oxygen atoms in total. The van der Waals surface area contributed by atoms with Crippen molar-refractivity contribution in [1.82, 2.24) is 19.7 Å². The molecule has 0 aliphatic carbocycles. The zero-order valence-electron chi connectivity index (χ0n) is 16.7. The van der Waals surface area contributed by atoms with E-state index in [1.165, 1.54) is 17.3 Å². The van der Waals surface area contributed by atoms with Crippen molar-refractivity contribution in [2.24, 2.45) is 0 Å². The molecule has 1 aromatic heterocycles. The molecule has 29 heavy (non-hydrogen) atoms. The Morgan fingerprint density at radius 1 is 1.00 bits per heavy atom. The number of thioether (sulfide) groups is 1. The molecular weight excluding hydrogens is 380 g/mol. The SMILES string of the molecule is CCn1c(Cc2ccccc2)nnc1S[C@H](C(=O)N1CCCC1)c1ccccc1. The first-order valence-corrected chi connectivity index (χ1v) is 11.1. The van der Waals surface area contributed by atoms with Gasteiger partial charge in [0, 0.05) is 26.1 Å². The Balaban J connectivity index is 1.61. The van der Waals surface area contributed by atoms with Crippen molar-refractivity contribution in [2.45, 2.75) is 43.1 Å². The van der Waals surface area contributed by atoms with E-state index in [1.54, 1.807) is 0 Å². The van der Waals surface area contributed by atoms with Crippen LogP contribution in [0.3, 0.4) is 0 Å². The van der Waals surface area contributed by atoms with Crippen LogP contribution in [0.2, 0.25) is 0 Å². The molecule has 0 radical (unpaired) electrons. The molecule has 1 fully saturated rings. The average molecular weight is 407 g/mol. The Hall–Kier alpha value is -2.60. The number of aromatic nitrogens is 3. The molecule has 0 N–H and O–H groups in total. The molecule has 150 valence electrons. The van der Waals surface area contributed by atoms with Gasteiger partial charge in [0.15, 0.2) is 5.16 Å². The zero-order valence-corrected chi connectivity index (χ0v) is 17.5. The molecule has 2 aromatic carbocycles. The first-order valence-electron chi connectivity index (χ1n) is 10.2. The summed E-state index contributed by atoms with van der Waals surface area (Å²) in [7, 11) is 0. The van der Waals surface area contributed by atoms with E-state index in [2.05, 4.69) is 33.8 Å². The van der Waals surface area contributed by atoms with E-state index in [-0.39, 0.29) is 11.2 Å². The molecule has 1 aliphatic rings. The molecular formula is C23H26N4OS. The molecule has 0 spiro atoms. The Morgan fingerprint density at radius 3 is 2.31 bits per heavy atom. The summed E-state index contributed by atoms with van der Waals surface area (Å²) in [6.45, 7) is 4.57. The van der Waals surface area contributed by atoms with E-state index >= 15 is 0 Å². The number of likely N-dealkylation sites (tertiary alicyclic amines) is 1.